The third kappa shape index (κ3) is 12.4. The van der Waals surface area contributed by atoms with E-state index < -0.39 is 24.2 Å². The number of alkyl carbamates (subject to hydrolysis) is 1. The molecule has 260 valence electrons. The molecule has 2 aromatic heterocycles. The van der Waals surface area contributed by atoms with Crippen LogP contribution >= 0.6 is 22.7 Å². The Labute approximate surface area is 297 Å². The Morgan fingerprint density at radius 2 is 1.47 bits per heavy atom. The van der Waals surface area contributed by atoms with Gasteiger partial charge in [0, 0.05) is 24.5 Å². The maximum Gasteiger partial charge on any atom is 0.407 e. The van der Waals surface area contributed by atoms with E-state index in [2.05, 4.69) is 39.8 Å². The highest BCUT2D eigenvalue weighted by molar-refractivity contribution is 7.09. The topological polar surface area (TPSA) is 126 Å². The van der Waals surface area contributed by atoms with Gasteiger partial charge in [0.2, 0.25) is 5.91 Å². The molecule has 2 heterocycles. The number of rotatable bonds is 16. The molecule has 0 saturated carbocycles. The number of carbonyl (C=O) groups excluding carboxylic acids is 3. The lowest BCUT2D eigenvalue weighted by atomic mass is 10.00. The number of urea groups is 1. The van der Waals surface area contributed by atoms with Crippen LogP contribution in [0.15, 0.2) is 89.9 Å². The molecule has 49 heavy (non-hydrogen) atoms. The molecule has 0 bridgehead atoms. The van der Waals surface area contributed by atoms with Crippen LogP contribution in [0.2, 0.25) is 0 Å². The summed E-state index contributed by atoms with van der Waals surface area (Å²) in [5, 5.41) is 12.0. The zero-order valence-electron chi connectivity index (χ0n) is 28.7. The maximum atomic E-state index is 13.8. The van der Waals surface area contributed by atoms with Gasteiger partial charge in [-0.2, -0.15) is 0 Å². The summed E-state index contributed by atoms with van der Waals surface area (Å²) < 4.78 is 5.45. The molecule has 3 N–H and O–H groups in total. The highest BCUT2D eigenvalue weighted by atomic mass is 32.1. The fourth-order valence-electron chi connectivity index (χ4n) is 5.01. The summed E-state index contributed by atoms with van der Waals surface area (Å²) in [4.78, 5) is 50.9. The summed E-state index contributed by atoms with van der Waals surface area (Å²) in [5.74, 6) is -0.155. The number of aromatic nitrogens is 2. The summed E-state index contributed by atoms with van der Waals surface area (Å²) in [6.07, 6.45) is 5.95. The first kappa shape index (κ1) is 37.3. The van der Waals surface area contributed by atoms with Crippen molar-refractivity contribution in [1.82, 2.24) is 30.8 Å². The van der Waals surface area contributed by atoms with E-state index in [-0.39, 0.29) is 24.5 Å². The number of thiazole rings is 2. The lowest BCUT2D eigenvalue weighted by Crippen LogP contribution is -2.54. The van der Waals surface area contributed by atoms with Crippen molar-refractivity contribution in [3.8, 4) is 0 Å². The Morgan fingerprint density at radius 3 is 2.00 bits per heavy atom. The third-order valence-corrected chi connectivity index (χ3v) is 9.62. The minimum atomic E-state index is -0.775. The van der Waals surface area contributed by atoms with E-state index in [0.29, 0.717) is 25.3 Å². The van der Waals surface area contributed by atoms with Crippen LogP contribution in [0.5, 0.6) is 0 Å². The number of nitrogens with one attached hydrogen (secondary N) is 3. The van der Waals surface area contributed by atoms with Crippen LogP contribution in [-0.2, 0) is 35.5 Å². The molecule has 12 heteroatoms. The van der Waals surface area contributed by atoms with E-state index in [0.717, 1.165) is 26.7 Å². The fourth-order valence-corrected chi connectivity index (χ4v) is 6.34. The van der Waals surface area contributed by atoms with Crippen molar-refractivity contribution < 1.29 is 19.1 Å². The minimum absolute atomic E-state index is 0.130. The van der Waals surface area contributed by atoms with Crippen molar-refractivity contribution in [2.24, 2.45) is 5.92 Å². The lowest BCUT2D eigenvalue weighted by Gasteiger charge is -2.27. The summed E-state index contributed by atoms with van der Waals surface area (Å²) in [6, 6.07) is 17.7. The molecule has 0 saturated heterocycles. The van der Waals surface area contributed by atoms with Crippen molar-refractivity contribution in [3.05, 3.63) is 117 Å². The number of hydrogen-bond donors (Lipinski definition) is 3. The van der Waals surface area contributed by atoms with E-state index in [1.54, 1.807) is 30.1 Å². The molecule has 0 spiro atoms. The van der Waals surface area contributed by atoms with Gasteiger partial charge in [0.15, 0.2) is 0 Å². The second-order valence-corrected chi connectivity index (χ2v) is 14.4. The number of benzene rings is 2. The molecule has 3 unspecified atom stereocenters. The number of hydrogen-bond acceptors (Lipinski definition) is 8. The quantitative estimate of drug-likeness (QED) is 0.112. The molecule has 2 aromatic carbocycles. The summed E-state index contributed by atoms with van der Waals surface area (Å²) in [7, 11) is 1.70. The van der Waals surface area contributed by atoms with Gasteiger partial charge in [0.1, 0.15) is 12.6 Å². The molecule has 0 radical (unpaired) electrons. The SMILES string of the molecule is CC(C)c1nc(CN(C)C(=O)NC(C(=O)NC(C=CC(Cc2ccccc2)NC(=O)OCc2cncs2)Cc2ccccc2)C(C)C)cs1. The van der Waals surface area contributed by atoms with Crippen LogP contribution in [0, 0.1) is 5.92 Å². The lowest BCUT2D eigenvalue weighted by molar-refractivity contribution is -0.124. The molecule has 4 rings (SSSR count). The van der Waals surface area contributed by atoms with Crippen LogP contribution in [0.4, 0.5) is 9.59 Å². The van der Waals surface area contributed by atoms with Crippen LogP contribution in [0.25, 0.3) is 0 Å². The fraction of sp³-hybridized carbons (Fsp3) is 0.378. The highest BCUT2D eigenvalue weighted by Gasteiger charge is 2.27. The van der Waals surface area contributed by atoms with Crippen LogP contribution in [-0.4, -0.2) is 58.1 Å². The predicted octanol–water partition coefficient (Wildman–Crippen LogP) is 6.71. The van der Waals surface area contributed by atoms with Gasteiger partial charge in [-0.25, -0.2) is 14.6 Å². The number of amides is 4. The van der Waals surface area contributed by atoms with Gasteiger partial charge in [0.05, 0.1) is 39.7 Å². The van der Waals surface area contributed by atoms with Gasteiger partial charge in [-0.05, 0) is 29.9 Å². The molecule has 0 aliphatic rings. The Balaban J connectivity index is 1.47. The maximum absolute atomic E-state index is 13.8. The summed E-state index contributed by atoms with van der Waals surface area (Å²) in [6.45, 7) is 8.45. The monoisotopic (exact) mass is 702 g/mol. The molecular formula is C37H46N6O4S2. The molecule has 0 aliphatic heterocycles. The predicted molar refractivity (Wildman–Crippen MR) is 195 cm³/mol. The van der Waals surface area contributed by atoms with Crippen LogP contribution < -0.4 is 16.0 Å². The van der Waals surface area contributed by atoms with Crippen molar-refractivity contribution in [1.29, 1.82) is 0 Å². The van der Waals surface area contributed by atoms with Crippen molar-refractivity contribution >= 4 is 40.7 Å². The van der Waals surface area contributed by atoms with Gasteiger partial charge >= 0.3 is 12.1 Å². The highest BCUT2D eigenvalue weighted by Crippen LogP contribution is 2.20. The van der Waals surface area contributed by atoms with E-state index in [9.17, 15) is 14.4 Å². The van der Waals surface area contributed by atoms with Crippen LogP contribution in [0.3, 0.4) is 0 Å². The van der Waals surface area contributed by atoms with Gasteiger partial charge in [-0.3, -0.25) is 9.78 Å². The first-order valence-corrected chi connectivity index (χ1v) is 18.2. The minimum Gasteiger partial charge on any atom is -0.444 e. The standard InChI is InChI=1S/C37H46N6O4S2/c1-25(2)33(42-36(45)43(5)21-31-23-48-35(40-31)26(3)4)34(44)39-29(18-27-12-8-6-9-13-27)16-17-30(19-28-14-10-7-11-15-28)41-37(46)47-22-32-20-38-24-49-32/h6-17,20,23-26,29-30,33H,18-19,21-22H2,1-5H3,(H,39,44)(H,41,46)(H,42,45). The van der Waals surface area contributed by atoms with Gasteiger partial charge in [-0.1, -0.05) is 101 Å². The average molecular weight is 703 g/mol. The normalized spacial score (nSPS) is 13.2. The van der Waals surface area contributed by atoms with Crippen LogP contribution in [0.1, 0.15) is 60.3 Å². The summed E-state index contributed by atoms with van der Waals surface area (Å²) in [5.41, 5.74) is 4.57. The average Bonchev–Trinajstić information content (AvgIpc) is 3.78. The molecular weight excluding hydrogens is 657 g/mol. The van der Waals surface area contributed by atoms with E-state index >= 15 is 0 Å². The number of carbonyl (C=O) groups is 3. The van der Waals surface area contributed by atoms with Gasteiger partial charge in [-0.15, -0.1) is 22.7 Å². The first-order valence-electron chi connectivity index (χ1n) is 16.4. The van der Waals surface area contributed by atoms with Crippen molar-refractivity contribution in [3.63, 3.8) is 0 Å². The summed E-state index contributed by atoms with van der Waals surface area (Å²) >= 11 is 3.00. The second-order valence-electron chi connectivity index (χ2n) is 12.5. The Morgan fingerprint density at radius 1 is 0.857 bits per heavy atom. The van der Waals surface area contributed by atoms with Gasteiger partial charge < -0.3 is 25.6 Å². The van der Waals surface area contributed by atoms with Gasteiger partial charge in [0.25, 0.3) is 0 Å². The number of ether oxygens (including phenoxy) is 1. The number of nitrogens with zero attached hydrogens (tertiary/aromatic N) is 3. The largest absolute Gasteiger partial charge is 0.444 e. The zero-order chi connectivity index (χ0) is 35.2. The third-order valence-electron chi connectivity index (χ3n) is 7.67. The first-order chi connectivity index (χ1) is 23.6. The van der Waals surface area contributed by atoms with E-state index in [4.69, 9.17) is 4.74 Å². The molecule has 0 aliphatic carbocycles. The zero-order valence-corrected chi connectivity index (χ0v) is 30.3. The smallest absolute Gasteiger partial charge is 0.407 e. The van der Waals surface area contributed by atoms with E-state index in [1.165, 1.54) is 16.2 Å². The Hall–Kier alpha value is -4.55. The molecule has 4 amide bonds. The van der Waals surface area contributed by atoms with Crippen molar-refractivity contribution in [2.75, 3.05) is 7.05 Å². The van der Waals surface area contributed by atoms with Crippen molar-refractivity contribution in [2.45, 2.75) is 77.7 Å². The molecule has 3 atom stereocenters. The molecule has 0 fully saturated rings. The Kier molecular flexibility index (Phi) is 14.3. The molecule has 10 nitrogen and oxygen atoms in total. The Bertz CT molecular complexity index is 1630. The second kappa shape index (κ2) is 18.8. The molecule has 4 aromatic rings. The van der Waals surface area contributed by atoms with E-state index in [1.807, 2.05) is 92.0 Å².